The van der Waals surface area contributed by atoms with Gasteiger partial charge in [-0.1, -0.05) is 26.0 Å². The number of thioether (sulfide) groups is 1. The van der Waals surface area contributed by atoms with Gasteiger partial charge in [-0.15, -0.1) is 11.8 Å². The highest BCUT2D eigenvalue weighted by atomic mass is 32.2. The van der Waals surface area contributed by atoms with Crippen molar-refractivity contribution in [2.45, 2.75) is 23.6 Å². The van der Waals surface area contributed by atoms with Gasteiger partial charge < -0.3 is 10.2 Å². The Bertz CT molecular complexity index is 1070. The molecule has 160 valence electrons. The van der Waals surface area contributed by atoms with Crippen molar-refractivity contribution in [3.8, 4) is 0 Å². The van der Waals surface area contributed by atoms with Crippen LogP contribution in [0.15, 0.2) is 52.3 Å². The van der Waals surface area contributed by atoms with E-state index in [1.54, 1.807) is 26.0 Å². The monoisotopic (exact) mass is 451 g/mol. The first-order chi connectivity index (χ1) is 14.3. The van der Waals surface area contributed by atoms with Gasteiger partial charge in [0, 0.05) is 18.0 Å². The highest BCUT2D eigenvalue weighted by molar-refractivity contribution is 8.00. The lowest BCUT2D eigenvalue weighted by Gasteiger charge is -2.29. The molecule has 1 aliphatic rings. The molecule has 0 atom stereocenters. The second-order valence-electron chi connectivity index (χ2n) is 6.52. The highest BCUT2D eigenvalue weighted by Crippen LogP contribution is 2.37. The fourth-order valence-electron chi connectivity index (χ4n) is 3.12. The number of rotatable bonds is 7. The molecule has 0 bridgehead atoms. The van der Waals surface area contributed by atoms with Crippen LogP contribution in [-0.4, -0.2) is 49.9 Å². The molecule has 2 aromatic carbocycles. The molecule has 2 amide bonds. The number of anilines is 2. The Morgan fingerprint density at radius 1 is 1.20 bits per heavy atom. The first kappa shape index (κ1) is 22.3. The summed E-state index contributed by atoms with van der Waals surface area (Å²) in [6.45, 7) is 3.78. The van der Waals surface area contributed by atoms with Gasteiger partial charge in [0.05, 0.1) is 22.0 Å². The molecule has 1 heterocycles. The van der Waals surface area contributed by atoms with Crippen LogP contribution in [0, 0.1) is 5.82 Å². The van der Waals surface area contributed by atoms with Gasteiger partial charge in [-0.05, 0) is 30.3 Å². The third kappa shape index (κ3) is 4.50. The van der Waals surface area contributed by atoms with E-state index >= 15 is 0 Å². The SMILES string of the molecule is CCN(CC)S(=O)(=O)c1ccc2c(c1)N(CC(=O)Nc1ccccc1F)C(=O)CS2. The molecule has 0 aliphatic carbocycles. The molecular weight excluding hydrogens is 429 g/mol. The first-order valence-electron chi connectivity index (χ1n) is 9.39. The zero-order valence-electron chi connectivity index (χ0n) is 16.6. The Labute approximate surface area is 179 Å². The molecular formula is C20H22FN3O4S2. The van der Waals surface area contributed by atoms with Gasteiger partial charge in [0.1, 0.15) is 12.4 Å². The summed E-state index contributed by atoms with van der Waals surface area (Å²) in [6, 6.07) is 10.3. The number of carbonyl (C=O) groups excluding carboxylic acids is 2. The Morgan fingerprint density at radius 2 is 1.90 bits per heavy atom. The first-order valence-corrected chi connectivity index (χ1v) is 11.8. The molecule has 7 nitrogen and oxygen atoms in total. The number of sulfonamides is 1. The van der Waals surface area contributed by atoms with E-state index in [4.69, 9.17) is 0 Å². The van der Waals surface area contributed by atoms with Gasteiger partial charge in [-0.25, -0.2) is 12.8 Å². The Kier molecular flexibility index (Phi) is 6.79. The van der Waals surface area contributed by atoms with Crippen molar-refractivity contribution < 1.29 is 22.4 Å². The number of carbonyl (C=O) groups is 2. The summed E-state index contributed by atoms with van der Waals surface area (Å²) >= 11 is 1.28. The number of halogens is 1. The minimum absolute atomic E-state index is 0.0134. The molecule has 3 rings (SSSR count). The van der Waals surface area contributed by atoms with E-state index in [1.807, 2.05) is 0 Å². The second-order valence-corrected chi connectivity index (χ2v) is 9.47. The number of hydrogen-bond donors (Lipinski definition) is 1. The summed E-state index contributed by atoms with van der Waals surface area (Å²) in [4.78, 5) is 27.0. The minimum Gasteiger partial charge on any atom is -0.322 e. The summed E-state index contributed by atoms with van der Waals surface area (Å²) < 4.78 is 40.9. The number of hydrogen-bond acceptors (Lipinski definition) is 5. The molecule has 0 fully saturated rings. The second kappa shape index (κ2) is 9.15. The van der Waals surface area contributed by atoms with Gasteiger partial charge in [0.2, 0.25) is 21.8 Å². The van der Waals surface area contributed by atoms with Crippen molar-refractivity contribution >= 4 is 45.0 Å². The molecule has 0 unspecified atom stereocenters. The lowest BCUT2D eigenvalue weighted by molar-refractivity contribution is -0.120. The lowest BCUT2D eigenvalue weighted by atomic mass is 10.2. The topological polar surface area (TPSA) is 86.8 Å². The molecule has 0 saturated carbocycles. The van der Waals surface area contributed by atoms with Gasteiger partial charge in [-0.2, -0.15) is 4.31 Å². The predicted octanol–water partition coefficient (Wildman–Crippen LogP) is 2.93. The average molecular weight is 452 g/mol. The number of amides is 2. The maximum absolute atomic E-state index is 13.8. The largest absolute Gasteiger partial charge is 0.322 e. The number of nitrogens with zero attached hydrogens (tertiary/aromatic N) is 2. The van der Waals surface area contributed by atoms with Crippen LogP contribution in [0.1, 0.15) is 13.8 Å². The van der Waals surface area contributed by atoms with E-state index in [-0.39, 0.29) is 28.8 Å². The standard InChI is InChI=1S/C20H22FN3O4S2/c1-3-23(4-2)30(27,28)14-9-10-18-17(11-14)24(20(26)13-29-18)12-19(25)22-16-8-6-5-7-15(16)21/h5-11H,3-4,12-13H2,1-2H3,(H,22,25). The maximum atomic E-state index is 13.8. The Balaban J connectivity index is 1.90. The quantitative estimate of drug-likeness (QED) is 0.700. The highest BCUT2D eigenvalue weighted by Gasteiger charge is 2.30. The van der Waals surface area contributed by atoms with E-state index in [0.717, 1.165) is 0 Å². The number of benzene rings is 2. The molecule has 0 spiro atoms. The van der Waals surface area contributed by atoms with E-state index in [2.05, 4.69) is 5.32 Å². The van der Waals surface area contributed by atoms with Crippen LogP contribution in [-0.2, 0) is 19.6 Å². The fraction of sp³-hybridized carbons (Fsp3) is 0.300. The molecule has 30 heavy (non-hydrogen) atoms. The zero-order chi connectivity index (χ0) is 21.9. The molecule has 10 heteroatoms. The van der Waals surface area contributed by atoms with Crippen LogP contribution in [0.2, 0.25) is 0 Å². The summed E-state index contributed by atoms with van der Waals surface area (Å²) in [5, 5.41) is 2.45. The van der Waals surface area contributed by atoms with Crippen LogP contribution in [0.5, 0.6) is 0 Å². The molecule has 0 saturated heterocycles. The third-order valence-electron chi connectivity index (χ3n) is 4.67. The van der Waals surface area contributed by atoms with Crippen LogP contribution in [0.4, 0.5) is 15.8 Å². The van der Waals surface area contributed by atoms with E-state index in [9.17, 15) is 22.4 Å². The number of nitrogens with one attached hydrogen (secondary N) is 1. The number of para-hydroxylation sites is 1. The smallest absolute Gasteiger partial charge is 0.244 e. The van der Waals surface area contributed by atoms with Crippen molar-refractivity contribution in [1.82, 2.24) is 4.31 Å². The van der Waals surface area contributed by atoms with Crippen LogP contribution >= 0.6 is 11.8 Å². The van der Waals surface area contributed by atoms with Gasteiger partial charge in [-0.3, -0.25) is 9.59 Å². The molecule has 1 aliphatic heterocycles. The van der Waals surface area contributed by atoms with Crippen molar-refractivity contribution in [1.29, 1.82) is 0 Å². The predicted molar refractivity (Wildman–Crippen MR) is 115 cm³/mol. The summed E-state index contributed by atoms with van der Waals surface area (Å²) in [6.07, 6.45) is 0. The number of fused-ring (bicyclic) bond motifs is 1. The third-order valence-corrected chi connectivity index (χ3v) is 7.76. The Morgan fingerprint density at radius 3 is 2.57 bits per heavy atom. The van der Waals surface area contributed by atoms with Crippen LogP contribution in [0.3, 0.4) is 0 Å². The maximum Gasteiger partial charge on any atom is 0.244 e. The summed E-state index contributed by atoms with van der Waals surface area (Å²) in [5.74, 6) is -1.36. The van der Waals surface area contributed by atoms with E-state index in [0.29, 0.717) is 23.7 Å². The van der Waals surface area contributed by atoms with E-state index in [1.165, 1.54) is 51.3 Å². The van der Waals surface area contributed by atoms with E-state index < -0.39 is 21.7 Å². The van der Waals surface area contributed by atoms with Crippen LogP contribution in [0.25, 0.3) is 0 Å². The van der Waals surface area contributed by atoms with Crippen molar-refractivity contribution in [2.75, 3.05) is 35.6 Å². The van der Waals surface area contributed by atoms with Gasteiger partial charge >= 0.3 is 0 Å². The lowest BCUT2D eigenvalue weighted by Crippen LogP contribution is -2.41. The molecule has 2 aromatic rings. The van der Waals surface area contributed by atoms with Gasteiger partial charge in [0.15, 0.2) is 0 Å². The minimum atomic E-state index is -3.72. The van der Waals surface area contributed by atoms with Crippen molar-refractivity contribution in [3.05, 3.63) is 48.3 Å². The fourth-order valence-corrected chi connectivity index (χ4v) is 5.52. The summed E-state index contributed by atoms with van der Waals surface area (Å²) in [7, 11) is -3.72. The molecule has 1 N–H and O–H groups in total. The van der Waals surface area contributed by atoms with Crippen LogP contribution < -0.4 is 10.2 Å². The van der Waals surface area contributed by atoms with Crippen molar-refractivity contribution in [3.63, 3.8) is 0 Å². The Hall–Kier alpha value is -2.43. The average Bonchev–Trinajstić information content (AvgIpc) is 2.72. The summed E-state index contributed by atoms with van der Waals surface area (Å²) in [5.41, 5.74) is 0.368. The molecule has 0 aromatic heterocycles. The normalized spacial score (nSPS) is 14.0. The van der Waals surface area contributed by atoms with Gasteiger partial charge in [0.25, 0.3) is 0 Å². The molecule has 0 radical (unpaired) electrons. The zero-order valence-corrected chi connectivity index (χ0v) is 18.2. The van der Waals surface area contributed by atoms with Crippen molar-refractivity contribution in [2.24, 2.45) is 0 Å².